The number of carbonyl (C=O) groups is 3. The van der Waals surface area contributed by atoms with Gasteiger partial charge in [0.15, 0.2) is 0 Å². The van der Waals surface area contributed by atoms with E-state index in [-0.39, 0.29) is 18.6 Å². The summed E-state index contributed by atoms with van der Waals surface area (Å²) in [5.74, 6) is -3.42. The Hall–Kier alpha value is -2.37. The summed E-state index contributed by atoms with van der Waals surface area (Å²) in [4.78, 5) is 36.2. The molecule has 1 atom stereocenters. The Morgan fingerprint density at radius 2 is 1.74 bits per heavy atom. The predicted octanol–water partition coefficient (Wildman–Crippen LogP) is 2.81. The van der Waals surface area contributed by atoms with Crippen LogP contribution in [0.25, 0.3) is 0 Å². The van der Waals surface area contributed by atoms with Crippen LogP contribution in [0.2, 0.25) is 0 Å². The fraction of sp³-hybridized carbons (Fsp3) is 0.471. The van der Waals surface area contributed by atoms with Crippen LogP contribution in [0.15, 0.2) is 30.3 Å². The third kappa shape index (κ3) is 4.81. The molecule has 0 bridgehead atoms. The fourth-order valence-electron chi connectivity index (χ4n) is 1.96. The van der Waals surface area contributed by atoms with Gasteiger partial charge in [0.2, 0.25) is 0 Å². The molecule has 1 aromatic carbocycles. The Labute approximate surface area is 135 Å². The van der Waals surface area contributed by atoms with Crippen LogP contribution in [0, 0.1) is 0 Å². The third-order valence-corrected chi connectivity index (χ3v) is 3.27. The quantitative estimate of drug-likeness (QED) is 0.555. The minimum Gasteiger partial charge on any atom is -0.478 e. The van der Waals surface area contributed by atoms with Gasteiger partial charge in [-0.3, -0.25) is 0 Å². The molecule has 6 nitrogen and oxygen atoms in total. The van der Waals surface area contributed by atoms with E-state index in [2.05, 4.69) is 0 Å². The van der Waals surface area contributed by atoms with Crippen LogP contribution < -0.4 is 0 Å². The van der Waals surface area contributed by atoms with Crippen LogP contribution >= 0.6 is 0 Å². The highest BCUT2D eigenvalue weighted by Crippen LogP contribution is 2.24. The lowest BCUT2D eigenvalue weighted by Gasteiger charge is -2.27. The van der Waals surface area contributed by atoms with Gasteiger partial charge in [0, 0.05) is 6.42 Å². The van der Waals surface area contributed by atoms with E-state index in [4.69, 9.17) is 9.47 Å². The molecule has 1 unspecified atom stereocenters. The summed E-state index contributed by atoms with van der Waals surface area (Å²) in [6.07, 6.45) is 1.48. The molecule has 0 aromatic heterocycles. The Kier molecular flexibility index (Phi) is 7.25. The average Bonchev–Trinajstić information content (AvgIpc) is 2.56. The van der Waals surface area contributed by atoms with Gasteiger partial charge in [0.25, 0.3) is 0 Å². The molecule has 0 fully saturated rings. The Morgan fingerprint density at radius 1 is 1.09 bits per heavy atom. The van der Waals surface area contributed by atoms with E-state index in [1.165, 1.54) is 12.1 Å². The van der Waals surface area contributed by atoms with Crippen LogP contribution in [0.4, 0.5) is 0 Å². The largest absolute Gasteiger partial charge is 0.478 e. The van der Waals surface area contributed by atoms with Crippen LogP contribution in [0.1, 0.15) is 49.9 Å². The predicted molar refractivity (Wildman–Crippen MR) is 83.0 cm³/mol. The first-order chi connectivity index (χ1) is 11.0. The van der Waals surface area contributed by atoms with Gasteiger partial charge in [-0.15, -0.1) is 0 Å². The van der Waals surface area contributed by atoms with Gasteiger partial charge < -0.3 is 14.6 Å². The molecule has 0 aliphatic carbocycles. The zero-order valence-electron chi connectivity index (χ0n) is 13.4. The summed E-state index contributed by atoms with van der Waals surface area (Å²) in [6.45, 7) is 3.71. The molecule has 1 rings (SSSR count). The Bertz CT molecular complexity index is 539. The minimum atomic E-state index is -2.31. The number of esters is 2. The molecule has 0 aliphatic heterocycles. The summed E-state index contributed by atoms with van der Waals surface area (Å²) in [5.41, 5.74) is -2.13. The molecule has 1 aromatic rings. The molecule has 0 heterocycles. The first-order valence-corrected chi connectivity index (χ1v) is 7.67. The second kappa shape index (κ2) is 8.92. The lowest BCUT2D eigenvalue weighted by Crippen LogP contribution is -2.51. The van der Waals surface area contributed by atoms with E-state index in [9.17, 15) is 19.5 Å². The van der Waals surface area contributed by atoms with Gasteiger partial charge in [-0.1, -0.05) is 38.5 Å². The summed E-state index contributed by atoms with van der Waals surface area (Å²) < 4.78 is 10.1. The molecular weight excluding hydrogens is 300 g/mol. The molecule has 0 spiro atoms. The van der Waals surface area contributed by atoms with E-state index in [0.717, 1.165) is 0 Å². The Morgan fingerprint density at radius 3 is 2.26 bits per heavy atom. The molecule has 0 saturated carbocycles. The van der Waals surface area contributed by atoms with Crippen LogP contribution in [0.5, 0.6) is 0 Å². The molecule has 0 radical (unpaired) electrons. The molecule has 0 amide bonds. The number of carboxylic acids is 1. The molecule has 23 heavy (non-hydrogen) atoms. The number of aliphatic carboxylic acids is 1. The van der Waals surface area contributed by atoms with Gasteiger partial charge in [0.05, 0.1) is 12.2 Å². The van der Waals surface area contributed by atoms with Crippen molar-refractivity contribution in [1.82, 2.24) is 0 Å². The van der Waals surface area contributed by atoms with Gasteiger partial charge in [-0.2, -0.15) is 0 Å². The first-order valence-electron chi connectivity index (χ1n) is 7.67. The number of hydrogen-bond donors (Lipinski definition) is 1. The molecule has 6 heteroatoms. The van der Waals surface area contributed by atoms with Crippen molar-refractivity contribution in [3.05, 3.63) is 35.9 Å². The maximum absolute atomic E-state index is 12.3. The topological polar surface area (TPSA) is 89.9 Å². The van der Waals surface area contributed by atoms with Crippen molar-refractivity contribution >= 4 is 17.9 Å². The van der Waals surface area contributed by atoms with Crippen LogP contribution in [-0.4, -0.2) is 35.2 Å². The van der Waals surface area contributed by atoms with Crippen molar-refractivity contribution in [2.45, 2.75) is 45.1 Å². The summed E-state index contributed by atoms with van der Waals surface area (Å²) in [6, 6.07) is 7.95. The smallest absolute Gasteiger partial charge is 0.362 e. The number of ether oxygens (including phenoxy) is 2. The highest BCUT2D eigenvalue weighted by molar-refractivity contribution is 6.06. The average molecular weight is 322 g/mol. The SMILES string of the molecule is CCCCC(OC(=O)c1ccccc1)(C(=O)O)C(=O)OCCC. The molecule has 126 valence electrons. The van der Waals surface area contributed by atoms with Gasteiger partial charge in [-0.25, -0.2) is 14.4 Å². The number of carbonyl (C=O) groups excluding carboxylic acids is 2. The fourth-order valence-corrected chi connectivity index (χ4v) is 1.96. The lowest BCUT2D eigenvalue weighted by atomic mass is 9.96. The van der Waals surface area contributed by atoms with E-state index in [0.29, 0.717) is 19.3 Å². The zero-order chi connectivity index (χ0) is 17.3. The van der Waals surface area contributed by atoms with Gasteiger partial charge in [-0.05, 0) is 25.0 Å². The monoisotopic (exact) mass is 322 g/mol. The maximum Gasteiger partial charge on any atom is 0.362 e. The number of carboxylic acid groups (broad SMARTS) is 1. The molecule has 1 N–H and O–H groups in total. The van der Waals surface area contributed by atoms with Crippen molar-refractivity contribution in [3.8, 4) is 0 Å². The zero-order valence-corrected chi connectivity index (χ0v) is 13.4. The number of unbranched alkanes of at least 4 members (excludes halogenated alkanes) is 1. The molecule has 0 aliphatic rings. The van der Waals surface area contributed by atoms with Crippen LogP contribution in [-0.2, 0) is 19.1 Å². The number of benzene rings is 1. The normalized spacial score (nSPS) is 13.0. The standard InChI is InChI=1S/C17H22O6/c1-3-5-11-17(15(19)20,16(21)22-12-4-2)23-14(18)13-9-7-6-8-10-13/h6-10H,3-5,11-12H2,1-2H3,(H,19,20). The second-order valence-corrected chi connectivity index (χ2v) is 5.13. The summed E-state index contributed by atoms with van der Waals surface area (Å²) >= 11 is 0. The van der Waals surface area contributed by atoms with E-state index < -0.39 is 23.5 Å². The third-order valence-electron chi connectivity index (χ3n) is 3.27. The highest BCUT2D eigenvalue weighted by Gasteiger charge is 2.51. The lowest BCUT2D eigenvalue weighted by molar-refractivity contribution is -0.181. The number of rotatable bonds is 9. The van der Waals surface area contributed by atoms with Gasteiger partial charge in [0.1, 0.15) is 0 Å². The van der Waals surface area contributed by atoms with Crippen LogP contribution in [0.3, 0.4) is 0 Å². The minimum absolute atomic E-state index is 0.0723. The maximum atomic E-state index is 12.3. The van der Waals surface area contributed by atoms with Gasteiger partial charge >= 0.3 is 23.5 Å². The van der Waals surface area contributed by atoms with E-state index in [1.807, 2.05) is 6.92 Å². The van der Waals surface area contributed by atoms with E-state index >= 15 is 0 Å². The van der Waals surface area contributed by atoms with Crippen molar-refractivity contribution in [2.24, 2.45) is 0 Å². The van der Waals surface area contributed by atoms with Crippen molar-refractivity contribution in [1.29, 1.82) is 0 Å². The molecular formula is C17H22O6. The summed E-state index contributed by atoms with van der Waals surface area (Å²) in [7, 11) is 0. The second-order valence-electron chi connectivity index (χ2n) is 5.13. The van der Waals surface area contributed by atoms with Crippen molar-refractivity contribution in [3.63, 3.8) is 0 Å². The highest BCUT2D eigenvalue weighted by atomic mass is 16.6. The summed E-state index contributed by atoms with van der Waals surface area (Å²) in [5, 5.41) is 9.54. The van der Waals surface area contributed by atoms with E-state index in [1.54, 1.807) is 25.1 Å². The molecule has 0 saturated heterocycles. The van der Waals surface area contributed by atoms with Crippen molar-refractivity contribution in [2.75, 3.05) is 6.61 Å². The van der Waals surface area contributed by atoms with Crippen molar-refractivity contribution < 1.29 is 29.0 Å². The first kappa shape index (κ1) is 18.7. The Balaban J connectivity index is 3.08. The number of hydrogen-bond acceptors (Lipinski definition) is 5.